The third-order valence-electron chi connectivity index (χ3n) is 6.69. The Morgan fingerprint density at radius 2 is 1.90 bits per heavy atom. The van der Waals surface area contributed by atoms with Gasteiger partial charge in [0.2, 0.25) is 0 Å². The third kappa shape index (κ3) is 8.34. The molecule has 0 aliphatic carbocycles. The molecule has 2 aromatic carbocycles. The molecule has 10 nitrogen and oxygen atoms in total. The summed E-state index contributed by atoms with van der Waals surface area (Å²) in [4.78, 5) is 24.3. The fourth-order valence-electron chi connectivity index (χ4n) is 4.37. The lowest BCUT2D eigenvalue weighted by Crippen LogP contribution is -2.52. The van der Waals surface area contributed by atoms with Crippen LogP contribution in [0.25, 0.3) is 0 Å². The number of dihydropyridines is 1. The number of nitrogens with one attached hydrogen (secondary N) is 3. The molecular formula is C31H34ClN5O5. The minimum Gasteiger partial charge on any atom is -0.489 e. The molecule has 3 rings (SSSR count). The molecule has 0 fully saturated rings. The summed E-state index contributed by atoms with van der Waals surface area (Å²) < 4.78 is 11.2. The van der Waals surface area contributed by atoms with Crippen LogP contribution in [-0.2, 0) is 9.59 Å². The predicted octanol–water partition coefficient (Wildman–Crippen LogP) is 3.47. The van der Waals surface area contributed by atoms with E-state index in [2.05, 4.69) is 22.0 Å². The fourth-order valence-corrected chi connectivity index (χ4v) is 4.65. The van der Waals surface area contributed by atoms with Gasteiger partial charge in [0, 0.05) is 40.6 Å². The number of aldehydes is 1. The summed E-state index contributed by atoms with van der Waals surface area (Å²) in [5, 5.41) is 38.5. The molecule has 2 aromatic rings. The number of rotatable bonds is 13. The van der Waals surface area contributed by atoms with Crippen LogP contribution in [0.3, 0.4) is 0 Å². The quantitative estimate of drug-likeness (QED) is 0.256. The van der Waals surface area contributed by atoms with Crippen molar-refractivity contribution in [3.63, 3.8) is 0 Å². The Balaban J connectivity index is 1.49. The Hall–Kier alpha value is -4.35. The van der Waals surface area contributed by atoms with Crippen molar-refractivity contribution in [2.75, 3.05) is 26.3 Å². The molecule has 1 amide bonds. The van der Waals surface area contributed by atoms with E-state index in [0.717, 1.165) is 6.29 Å². The van der Waals surface area contributed by atoms with Crippen LogP contribution in [0.2, 0.25) is 5.02 Å². The fraction of sp³-hybridized carbons (Fsp3) is 0.355. The lowest BCUT2D eigenvalue weighted by molar-refractivity contribution is -0.123. The zero-order valence-corrected chi connectivity index (χ0v) is 24.7. The number of benzene rings is 2. The van der Waals surface area contributed by atoms with Crippen LogP contribution < -0.4 is 25.4 Å². The van der Waals surface area contributed by atoms with Gasteiger partial charge in [-0.1, -0.05) is 29.8 Å². The van der Waals surface area contributed by atoms with Gasteiger partial charge in [0.05, 0.1) is 23.1 Å². The summed E-state index contributed by atoms with van der Waals surface area (Å²) in [6.07, 6.45) is -0.110. The van der Waals surface area contributed by atoms with E-state index in [1.54, 1.807) is 56.3 Å². The Kier molecular flexibility index (Phi) is 11.1. The number of amides is 1. The largest absolute Gasteiger partial charge is 0.489 e. The van der Waals surface area contributed by atoms with Crippen molar-refractivity contribution in [3.8, 4) is 23.6 Å². The highest BCUT2D eigenvalue weighted by Gasteiger charge is 2.30. The van der Waals surface area contributed by atoms with Gasteiger partial charge in [-0.2, -0.15) is 10.5 Å². The standard InChI is InChI=1S/C31H34ClN5O5/c1-19-25(13-34)30(26(15-38)20(2)37-19)24-10-9-23(11-27(24)32)41-17-29(40)35-18-31(3,4)36-14-22(39)16-42-28-8-6-5-7-21(28)12-33/h5-11,15,22,30,36-37,39H,14,16-18H2,1-4H3,(H,35,40)/t22-,30?/m0/s1. The number of hydrogen-bond acceptors (Lipinski definition) is 9. The first-order chi connectivity index (χ1) is 20.0. The molecule has 0 radical (unpaired) electrons. The summed E-state index contributed by atoms with van der Waals surface area (Å²) in [5.74, 6) is -0.192. The van der Waals surface area contributed by atoms with E-state index < -0.39 is 17.6 Å². The number of hydrogen-bond donors (Lipinski definition) is 4. The monoisotopic (exact) mass is 591 g/mol. The third-order valence-corrected chi connectivity index (χ3v) is 7.02. The second kappa shape index (κ2) is 14.5. The van der Waals surface area contributed by atoms with Crippen molar-refractivity contribution < 1.29 is 24.2 Å². The number of aliphatic hydroxyl groups is 1. The molecule has 220 valence electrons. The highest BCUT2D eigenvalue weighted by Crippen LogP contribution is 2.40. The Bertz CT molecular complexity index is 1470. The minimum atomic E-state index is -0.835. The van der Waals surface area contributed by atoms with E-state index in [4.69, 9.17) is 26.3 Å². The van der Waals surface area contributed by atoms with Crippen LogP contribution in [-0.4, -0.2) is 55.2 Å². The van der Waals surface area contributed by atoms with Crippen LogP contribution in [0.15, 0.2) is 65.0 Å². The van der Waals surface area contributed by atoms with Gasteiger partial charge in [0.15, 0.2) is 6.61 Å². The van der Waals surface area contributed by atoms with Crippen molar-refractivity contribution in [1.29, 1.82) is 10.5 Å². The van der Waals surface area contributed by atoms with Gasteiger partial charge in [0.25, 0.3) is 5.91 Å². The van der Waals surface area contributed by atoms with E-state index in [-0.39, 0.29) is 32.2 Å². The molecule has 1 heterocycles. The number of carbonyl (C=O) groups is 2. The molecule has 1 aliphatic rings. The maximum atomic E-state index is 12.5. The normalized spacial score (nSPS) is 15.7. The maximum Gasteiger partial charge on any atom is 0.258 e. The summed E-state index contributed by atoms with van der Waals surface area (Å²) in [6, 6.07) is 15.9. The van der Waals surface area contributed by atoms with E-state index in [0.29, 0.717) is 50.2 Å². The Morgan fingerprint density at radius 3 is 2.57 bits per heavy atom. The average Bonchev–Trinajstić information content (AvgIpc) is 2.97. The molecule has 2 atom stereocenters. The number of ether oxygens (including phenoxy) is 2. The lowest BCUT2D eigenvalue weighted by atomic mass is 9.81. The van der Waals surface area contributed by atoms with Crippen LogP contribution in [0.4, 0.5) is 0 Å². The highest BCUT2D eigenvalue weighted by molar-refractivity contribution is 6.31. The first-order valence-corrected chi connectivity index (χ1v) is 13.6. The maximum absolute atomic E-state index is 12.5. The van der Waals surface area contributed by atoms with Crippen LogP contribution >= 0.6 is 11.6 Å². The molecule has 0 bridgehead atoms. The molecule has 1 aliphatic heterocycles. The van der Waals surface area contributed by atoms with Crippen LogP contribution in [0, 0.1) is 22.7 Å². The van der Waals surface area contributed by atoms with Gasteiger partial charge >= 0.3 is 0 Å². The number of aliphatic hydroxyl groups excluding tert-OH is 1. The highest BCUT2D eigenvalue weighted by atomic mass is 35.5. The molecule has 0 spiro atoms. The van der Waals surface area contributed by atoms with E-state index in [1.165, 1.54) is 0 Å². The van der Waals surface area contributed by atoms with Gasteiger partial charge < -0.3 is 30.5 Å². The van der Waals surface area contributed by atoms with Gasteiger partial charge in [-0.15, -0.1) is 0 Å². The van der Waals surface area contributed by atoms with E-state index >= 15 is 0 Å². The molecule has 0 saturated heterocycles. The zero-order chi connectivity index (χ0) is 30.9. The van der Waals surface area contributed by atoms with Crippen molar-refractivity contribution in [3.05, 3.63) is 81.2 Å². The summed E-state index contributed by atoms with van der Waals surface area (Å²) >= 11 is 6.55. The lowest BCUT2D eigenvalue weighted by Gasteiger charge is -2.28. The smallest absolute Gasteiger partial charge is 0.258 e. The van der Waals surface area contributed by atoms with Crippen molar-refractivity contribution in [2.24, 2.45) is 0 Å². The number of para-hydroxylation sites is 1. The predicted molar refractivity (Wildman–Crippen MR) is 158 cm³/mol. The summed E-state index contributed by atoms with van der Waals surface area (Å²) in [6.45, 7) is 7.51. The SMILES string of the molecule is CC1=C(C#N)C(c2ccc(OCC(=O)NCC(C)(C)NC[C@H](O)COc3ccccc3C#N)cc2Cl)C(C=O)=C(C)N1. The average molecular weight is 592 g/mol. The molecule has 0 aromatic heterocycles. The summed E-state index contributed by atoms with van der Waals surface area (Å²) in [7, 11) is 0. The first-order valence-electron chi connectivity index (χ1n) is 13.3. The zero-order valence-electron chi connectivity index (χ0n) is 24.0. The topological polar surface area (TPSA) is 156 Å². The molecule has 11 heteroatoms. The van der Waals surface area contributed by atoms with E-state index in [1.807, 2.05) is 19.9 Å². The Labute approximate surface area is 250 Å². The number of allylic oxidation sites excluding steroid dienone is 4. The summed E-state index contributed by atoms with van der Waals surface area (Å²) in [5.41, 5.74) is 2.56. The molecule has 1 unspecified atom stereocenters. The number of halogens is 1. The number of nitrogens with zero attached hydrogens (tertiary/aromatic N) is 2. The van der Waals surface area contributed by atoms with E-state index in [9.17, 15) is 20.0 Å². The first kappa shape index (κ1) is 32.2. The van der Waals surface area contributed by atoms with Gasteiger partial charge in [-0.3, -0.25) is 9.59 Å². The van der Waals surface area contributed by atoms with Crippen LogP contribution in [0.1, 0.15) is 44.7 Å². The van der Waals surface area contributed by atoms with Gasteiger partial charge in [-0.25, -0.2) is 0 Å². The van der Waals surface area contributed by atoms with Crippen molar-refractivity contribution in [1.82, 2.24) is 16.0 Å². The van der Waals surface area contributed by atoms with Gasteiger partial charge in [0.1, 0.15) is 36.6 Å². The second-order valence-electron chi connectivity index (χ2n) is 10.5. The molecular weight excluding hydrogens is 558 g/mol. The number of β-amino-alcohol motifs (C(OH)–C–C–N with tert-alkyl or cyclic N) is 1. The van der Waals surface area contributed by atoms with Gasteiger partial charge in [-0.05, 0) is 57.5 Å². The van der Waals surface area contributed by atoms with Crippen molar-refractivity contribution in [2.45, 2.75) is 45.3 Å². The Morgan fingerprint density at radius 1 is 1.17 bits per heavy atom. The van der Waals surface area contributed by atoms with Crippen LogP contribution in [0.5, 0.6) is 11.5 Å². The molecule has 0 saturated carbocycles. The molecule has 4 N–H and O–H groups in total. The second-order valence-corrected chi connectivity index (χ2v) is 10.9. The number of carbonyl (C=O) groups excluding carboxylic acids is 2. The molecule has 42 heavy (non-hydrogen) atoms. The minimum absolute atomic E-state index is 0.00102. The van der Waals surface area contributed by atoms with Crippen molar-refractivity contribution >= 4 is 23.8 Å². The number of nitriles is 2.